The molecule has 3 nitrogen and oxygen atoms in total. The largest absolute Gasteiger partial charge is 0.378 e. The number of benzene rings is 1. The molecule has 4 heteroatoms. The van der Waals surface area contributed by atoms with Crippen molar-refractivity contribution in [2.45, 2.75) is 6.42 Å². The van der Waals surface area contributed by atoms with Crippen molar-refractivity contribution in [3.8, 4) is 0 Å². The molecule has 0 saturated carbocycles. The van der Waals surface area contributed by atoms with Gasteiger partial charge in [-0.2, -0.15) is 0 Å². The van der Waals surface area contributed by atoms with Gasteiger partial charge in [0, 0.05) is 24.5 Å². The molecule has 0 aliphatic carbocycles. The second-order valence-electron chi connectivity index (χ2n) is 3.90. The first-order valence-corrected chi connectivity index (χ1v) is 6.02. The lowest BCUT2D eigenvalue weighted by molar-refractivity contribution is -0.116. The topological polar surface area (TPSA) is 42.0 Å². The molecule has 0 radical (unpaired) electrons. The summed E-state index contributed by atoms with van der Waals surface area (Å²) in [5, 5.41) is 3.61. The summed E-state index contributed by atoms with van der Waals surface area (Å²) in [5.74, 6) is 0.0898. The van der Waals surface area contributed by atoms with E-state index in [0.717, 1.165) is 11.3 Å². The monoisotopic (exact) mass is 260 g/mol. The van der Waals surface area contributed by atoms with Gasteiger partial charge < -0.3 is 5.32 Å². The Hall–Kier alpha value is -1.87. The lowest BCUT2D eigenvalue weighted by Crippen LogP contribution is -2.16. The average molecular weight is 261 g/mol. The molecular formula is C14H13ClN2O. The van der Waals surface area contributed by atoms with Crippen LogP contribution >= 0.6 is 11.6 Å². The Morgan fingerprint density at radius 2 is 2.00 bits per heavy atom. The Morgan fingerprint density at radius 1 is 1.22 bits per heavy atom. The van der Waals surface area contributed by atoms with Crippen molar-refractivity contribution in [1.29, 1.82) is 0 Å². The Bertz CT molecular complexity index is 528. The molecule has 0 aliphatic heterocycles. The molecule has 1 N–H and O–H groups in total. The molecule has 2 aromatic rings. The van der Waals surface area contributed by atoms with Crippen molar-refractivity contribution in [3.05, 3.63) is 59.4 Å². The smallest absolute Gasteiger partial charge is 0.156 e. The van der Waals surface area contributed by atoms with E-state index >= 15 is 0 Å². The number of carbonyl (C=O) groups is 1. The van der Waals surface area contributed by atoms with E-state index in [1.54, 1.807) is 18.5 Å². The lowest BCUT2D eigenvalue weighted by atomic mass is 10.1. The molecule has 0 saturated heterocycles. The molecule has 1 heterocycles. The number of ketones is 1. The first-order valence-electron chi connectivity index (χ1n) is 5.65. The van der Waals surface area contributed by atoms with E-state index < -0.39 is 0 Å². The van der Waals surface area contributed by atoms with Crippen LogP contribution in [-0.2, 0) is 11.2 Å². The van der Waals surface area contributed by atoms with Crippen molar-refractivity contribution >= 4 is 23.1 Å². The number of Topliss-reactive ketones (excluding diaryl/α,β-unsaturated/α-hetero) is 1. The second kappa shape index (κ2) is 6.17. The van der Waals surface area contributed by atoms with Crippen molar-refractivity contribution in [1.82, 2.24) is 4.98 Å². The van der Waals surface area contributed by atoms with E-state index in [0.29, 0.717) is 18.0 Å². The van der Waals surface area contributed by atoms with Crippen LogP contribution in [0.15, 0.2) is 48.8 Å². The number of aromatic nitrogens is 1. The van der Waals surface area contributed by atoms with Crippen LogP contribution in [0.25, 0.3) is 0 Å². The van der Waals surface area contributed by atoms with Gasteiger partial charge in [0.15, 0.2) is 5.78 Å². The van der Waals surface area contributed by atoms with E-state index in [1.165, 1.54) is 0 Å². The molecule has 0 aliphatic rings. The number of pyridine rings is 1. The van der Waals surface area contributed by atoms with Gasteiger partial charge in [0.25, 0.3) is 0 Å². The Morgan fingerprint density at radius 3 is 2.72 bits per heavy atom. The maximum absolute atomic E-state index is 11.8. The zero-order chi connectivity index (χ0) is 12.8. The molecule has 0 amide bonds. The van der Waals surface area contributed by atoms with Crippen LogP contribution in [0.4, 0.5) is 5.69 Å². The average Bonchev–Trinajstić information content (AvgIpc) is 2.40. The van der Waals surface area contributed by atoms with E-state index in [4.69, 9.17) is 11.6 Å². The van der Waals surface area contributed by atoms with Gasteiger partial charge in [0.2, 0.25) is 0 Å². The van der Waals surface area contributed by atoms with Crippen LogP contribution < -0.4 is 5.32 Å². The van der Waals surface area contributed by atoms with Crippen LogP contribution in [0.1, 0.15) is 5.56 Å². The Kier molecular flexibility index (Phi) is 4.31. The van der Waals surface area contributed by atoms with Gasteiger partial charge in [-0.1, -0.05) is 29.8 Å². The predicted octanol–water partition coefficient (Wildman–Crippen LogP) is 2.96. The first kappa shape index (κ1) is 12.6. The van der Waals surface area contributed by atoms with Gasteiger partial charge in [-0.05, 0) is 23.8 Å². The summed E-state index contributed by atoms with van der Waals surface area (Å²) < 4.78 is 0. The molecule has 0 spiro atoms. The van der Waals surface area contributed by atoms with E-state index in [9.17, 15) is 4.79 Å². The third-order valence-corrected chi connectivity index (χ3v) is 2.85. The minimum atomic E-state index is 0.0898. The number of para-hydroxylation sites is 1. The number of hydrogen-bond donors (Lipinski definition) is 1. The van der Waals surface area contributed by atoms with Crippen molar-refractivity contribution < 1.29 is 4.79 Å². The summed E-state index contributed by atoms with van der Waals surface area (Å²) in [6.07, 6.45) is 3.51. The normalized spacial score (nSPS) is 10.1. The molecule has 18 heavy (non-hydrogen) atoms. The highest BCUT2D eigenvalue weighted by Crippen LogP contribution is 2.14. The highest BCUT2D eigenvalue weighted by Gasteiger charge is 2.06. The molecular weight excluding hydrogens is 248 g/mol. The highest BCUT2D eigenvalue weighted by atomic mass is 35.5. The van der Waals surface area contributed by atoms with Crippen LogP contribution in [0.5, 0.6) is 0 Å². The molecule has 1 aromatic carbocycles. The summed E-state index contributed by atoms with van der Waals surface area (Å²) >= 11 is 5.95. The fourth-order valence-corrected chi connectivity index (χ4v) is 1.77. The number of halogens is 1. The summed E-state index contributed by atoms with van der Waals surface area (Å²) in [6.45, 7) is 0.294. The fourth-order valence-electron chi connectivity index (χ4n) is 1.58. The maximum Gasteiger partial charge on any atom is 0.156 e. The van der Waals surface area contributed by atoms with Gasteiger partial charge in [0.05, 0.1) is 11.6 Å². The molecule has 92 valence electrons. The quantitative estimate of drug-likeness (QED) is 0.899. The highest BCUT2D eigenvalue weighted by molar-refractivity contribution is 6.31. The number of nitrogens with zero attached hydrogens (tertiary/aromatic N) is 1. The maximum atomic E-state index is 11.8. The third kappa shape index (κ3) is 3.57. The van der Waals surface area contributed by atoms with Gasteiger partial charge in [-0.15, -0.1) is 0 Å². The molecule has 1 aromatic heterocycles. The minimum absolute atomic E-state index is 0.0898. The minimum Gasteiger partial charge on any atom is -0.378 e. The van der Waals surface area contributed by atoms with Crippen LogP contribution in [-0.4, -0.2) is 17.3 Å². The van der Waals surface area contributed by atoms with Crippen molar-refractivity contribution in [2.24, 2.45) is 0 Å². The summed E-state index contributed by atoms with van der Waals surface area (Å²) in [6, 6.07) is 11.4. The number of anilines is 1. The summed E-state index contributed by atoms with van der Waals surface area (Å²) in [7, 11) is 0. The van der Waals surface area contributed by atoms with Gasteiger partial charge in [0.1, 0.15) is 0 Å². The summed E-state index contributed by atoms with van der Waals surface area (Å²) in [4.78, 5) is 15.7. The van der Waals surface area contributed by atoms with Crippen LogP contribution in [0.2, 0.25) is 5.02 Å². The number of carbonyl (C=O) groups excluding carboxylic acids is 1. The second-order valence-corrected chi connectivity index (χ2v) is 4.31. The molecule has 0 atom stereocenters. The molecule has 2 rings (SSSR count). The van der Waals surface area contributed by atoms with Crippen LogP contribution in [0.3, 0.4) is 0 Å². The first-order chi connectivity index (χ1) is 8.75. The molecule has 0 bridgehead atoms. The van der Waals surface area contributed by atoms with Crippen molar-refractivity contribution in [3.63, 3.8) is 0 Å². The number of nitrogens with one attached hydrogen (secondary N) is 1. The zero-order valence-electron chi connectivity index (χ0n) is 9.77. The standard InChI is InChI=1S/C14H13ClN2O/c15-14-10-16-7-6-11(14)8-13(18)9-17-12-4-2-1-3-5-12/h1-7,10,17H,8-9H2. The lowest BCUT2D eigenvalue weighted by Gasteiger charge is -2.06. The Labute approximate surface area is 111 Å². The summed E-state index contributed by atoms with van der Waals surface area (Å²) in [5.41, 5.74) is 1.75. The van der Waals surface area contributed by atoms with E-state index in [1.807, 2.05) is 30.3 Å². The van der Waals surface area contributed by atoms with E-state index in [-0.39, 0.29) is 5.78 Å². The van der Waals surface area contributed by atoms with Gasteiger partial charge in [-0.25, -0.2) is 0 Å². The predicted molar refractivity (Wildman–Crippen MR) is 72.9 cm³/mol. The van der Waals surface area contributed by atoms with Crippen LogP contribution in [0, 0.1) is 0 Å². The van der Waals surface area contributed by atoms with Gasteiger partial charge >= 0.3 is 0 Å². The van der Waals surface area contributed by atoms with E-state index in [2.05, 4.69) is 10.3 Å². The van der Waals surface area contributed by atoms with Gasteiger partial charge in [-0.3, -0.25) is 9.78 Å². The van der Waals surface area contributed by atoms with Crippen molar-refractivity contribution in [2.75, 3.05) is 11.9 Å². The zero-order valence-corrected chi connectivity index (χ0v) is 10.5. The molecule has 0 fully saturated rings. The third-order valence-electron chi connectivity index (χ3n) is 2.51. The Balaban J connectivity index is 1.88. The fraction of sp³-hybridized carbons (Fsp3) is 0.143. The SMILES string of the molecule is O=C(CNc1ccccc1)Cc1ccncc1Cl. The molecule has 0 unspecified atom stereocenters. The number of hydrogen-bond acceptors (Lipinski definition) is 3. The number of rotatable bonds is 5.